The molecule has 0 aliphatic carbocycles. The first-order valence-corrected chi connectivity index (χ1v) is 12.4. The molecule has 33 heavy (non-hydrogen) atoms. The summed E-state index contributed by atoms with van der Waals surface area (Å²) >= 11 is 0. The quantitative estimate of drug-likeness (QED) is 0.430. The number of hydrogen-bond donors (Lipinski definition) is 2. The summed E-state index contributed by atoms with van der Waals surface area (Å²) in [6.07, 6.45) is 5.53. The number of carbonyl (C=O) groups is 3. The number of likely N-dealkylation sites (tertiary alicyclic amines) is 1. The van der Waals surface area contributed by atoms with Crippen LogP contribution in [0.5, 0.6) is 0 Å². The molecule has 1 spiro atoms. The molecule has 0 saturated carbocycles. The van der Waals surface area contributed by atoms with E-state index in [1.807, 2.05) is 27.7 Å². The van der Waals surface area contributed by atoms with Gasteiger partial charge in [0.25, 0.3) is 0 Å². The number of rotatable bonds is 12. The number of carboxylic acids is 1. The third kappa shape index (κ3) is 3.79. The van der Waals surface area contributed by atoms with Crippen molar-refractivity contribution in [3.63, 3.8) is 0 Å². The van der Waals surface area contributed by atoms with E-state index in [-0.39, 0.29) is 24.3 Å². The maximum Gasteiger partial charge on any atom is 0.310 e. The molecule has 186 valence electrons. The highest BCUT2D eigenvalue weighted by Crippen LogP contribution is 2.64. The van der Waals surface area contributed by atoms with Crippen molar-refractivity contribution in [2.24, 2.45) is 17.8 Å². The van der Waals surface area contributed by atoms with Crippen LogP contribution in [0, 0.1) is 17.8 Å². The maximum atomic E-state index is 14.1. The van der Waals surface area contributed by atoms with E-state index < -0.39 is 41.1 Å². The van der Waals surface area contributed by atoms with Gasteiger partial charge in [0.15, 0.2) is 0 Å². The normalized spacial score (nSPS) is 34.3. The van der Waals surface area contributed by atoms with Crippen molar-refractivity contribution in [1.29, 1.82) is 0 Å². The molecule has 3 aliphatic heterocycles. The number of carboxylic acid groups (broad SMARTS) is 1. The fourth-order valence-electron chi connectivity index (χ4n) is 6.45. The predicted octanol–water partition coefficient (Wildman–Crippen LogP) is 2.45. The molecule has 0 radical (unpaired) electrons. The molecule has 2 unspecified atom stereocenters. The molecular formula is C25H40N2O6. The zero-order valence-electron chi connectivity index (χ0n) is 20.5. The summed E-state index contributed by atoms with van der Waals surface area (Å²) in [6, 6.07) is -1.53. The van der Waals surface area contributed by atoms with Crippen molar-refractivity contribution in [2.75, 3.05) is 19.7 Å². The summed E-state index contributed by atoms with van der Waals surface area (Å²) in [7, 11) is 0. The van der Waals surface area contributed by atoms with Gasteiger partial charge in [0.05, 0.1) is 24.2 Å². The van der Waals surface area contributed by atoms with E-state index in [0.717, 1.165) is 12.8 Å². The van der Waals surface area contributed by atoms with Gasteiger partial charge in [-0.15, -0.1) is 6.58 Å². The van der Waals surface area contributed by atoms with Gasteiger partial charge >= 0.3 is 5.97 Å². The van der Waals surface area contributed by atoms with E-state index in [1.165, 1.54) is 4.90 Å². The lowest BCUT2D eigenvalue weighted by molar-refractivity contribution is -0.161. The minimum atomic E-state index is -1.18. The number of carbonyl (C=O) groups excluding carboxylic acids is 2. The summed E-state index contributed by atoms with van der Waals surface area (Å²) in [4.78, 5) is 43.7. The summed E-state index contributed by atoms with van der Waals surface area (Å²) in [5.74, 6) is -3.64. The molecule has 2 bridgehead atoms. The van der Waals surface area contributed by atoms with Crippen molar-refractivity contribution in [2.45, 2.75) is 89.5 Å². The van der Waals surface area contributed by atoms with Gasteiger partial charge in [0.2, 0.25) is 11.8 Å². The third-order valence-corrected chi connectivity index (χ3v) is 8.41. The Morgan fingerprint density at radius 3 is 2.55 bits per heavy atom. The lowest BCUT2D eigenvalue weighted by atomic mass is 9.65. The molecule has 8 nitrogen and oxygen atoms in total. The zero-order chi connectivity index (χ0) is 24.6. The van der Waals surface area contributed by atoms with E-state index in [4.69, 9.17) is 4.74 Å². The molecule has 2 N–H and O–H groups in total. The molecular weight excluding hydrogens is 424 g/mol. The third-order valence-electron chi connectivity index (χ3n) is 8.41. The van der Waals surface area contributed by atoms with Crippen molar-refractivity contribution in [3.8, 4) is 0 Å². The second-order valence-electron chi connectivity index (χ2n) is 9.98. The smallest absolute Gasteiger partial charge is 0.310 e. The van der Waals surface area contributed by atoms with Crippen molar-refractivity contribution < 1.29 is 29.3 Å². The SMILES string of the molecule is C=CCN(CCCC)C(=O)C1N([C@@H](CO)[C@@H](C)CC)C(=O)[C@@H]2[C@H](C(=O)O)[C@]3(CC)CCC12O3. The van der Waals surface area contributed by atoms with E-state index in [2.05, 4.69) is 6.58 Å². The van der Waals surface area contributed by atoms with Crippen LogP contribution in [0.25, 0.3) is 0 Å². The Balaban J connectivity index is 2.15. The Hall–Kier alpha value is -1.93. The molecule has 3 fully saturated rings. The minimum absolute atomic E-state index is 0.0615. The minimum Gasteiger partial charge on any atom is -0.481 e. The van der Waals surface area contributed by atoms with Gasteiger partial charge in [0, 0.05) is 13.1 Å². The average Bonchev–Trinajstić information content (AvgIpc) is 3.40. The summed E-state index contributed by atoms with van der Waals surface area (Å²) in [5, 5.41) is 20.5. The number of amides is 2. The number of nitrogens with zero attached hydrogens (tertiary/aromatic N) is 2. The zero-order valence-corrected chi connectivity index (χ0v) is 20.5. The topological polar surface area (TPSA) is 107 Å². The number of aliphatic carboxylic acids is 1. The highest BCUT2D eigenvalue weighted by Gasteiger charge is 2.79. The molecule has 3 aliphatic rings. The fraction of sp³-hybridized carbons (Fsp3) is 0.800. The van der Waals surface area contributed by atoms with Crippen LogP contribution >= 0.6 is 0 Å². The number of hydrogen-bond acceptors (Lipinski definition) is 5. The number of ether oxygens (including phenoxy) is 1. The van der Waals surface area contributed by atoms with Crippen molar-refractivity contribution in [1.82, 2.24) is 9.80 Å². The number of aliphatic hydroxyl groups is 1. The molecule has 0 aromatic heterocycles. The molecule has 2 amide bonds. The first-order chi connectivity index (χ1) is 15.7. The lowest BCUT2D eigenvalue weighted by Crippen LogP contribution is -2.60. The van der Waals surface area contributed by atoms with Gasteiger partial charge in [0.1, 0.15) is 17.6 Å². The highest BCUT2D eigenvalue weighted by molar-refractivity contribution is 5.98. The highest BCUT2D eigenvalue weighted by atomic mass is 16.5. The summed E-state index contributed by atoms with van der Waals surface area (Å²) in [5.41, 5.74) is -2.12. The summed E-state index contributed by atoms with van der Waals surface area (Å²) < 4.78 is 6.57. The van der Waals surface area contributed by atoms with Crippen LogP contribution in [0.2, 0.25) is 0 Å². The second kappa shape index (κ2) is 9.74. The van der Waals surface area contributed by atoms with Crippen molar-refractivity contribution >= 4 is 17.8 Å². The van der Waals surface area contributed by atoms with Gasteiger partial charge < -0.3 is 24.7 Å². The van der Waals surface area contributed by atoms with Crippen LogP contribution in [-0.2, 0) is 19.1 Å². The van der Waals surface area contributed by atoms with Crippen LogP contribution in [0.3, 0.4) is 0 Å². The molecule has 3 saturated heterocycles. The van der Waals surface area contributed by atoms with Crippen molar-refractivity contribution in [3.05, 3.63) is 12.7 Å². The first-order valence-electron chi connectivity index (χ1n) is 12.4. The fourth-order valence-corrected chi connectivity index (χ4v) is 6.45. The molecule has 0 aromatic rings. The van der Waals surface area contributed by atoms with E-state index in [0.29, 0.717) is 38.8 Å². The van der Waals surface area contributed by atoms with Gasteiger partial charge in [-0.1, -0.05) is 46.6 Å². The number of fused-ring (bicyclic) bond motifs is 1. The van der Waals surface area contributed by atoms with Gasteiger partial charge in [-0.25, -0.2) is 0 Å². The van der Waals surface area contributed by atoms with Gasteiger partial charge in [-0.3, -0.25) is 14.4 Å². The molecule has 7 atom stereocenters. The lowest BCUT2D eigenvalue weighted by Gasteiger charge is -2.41. The average molecular weight is 465 g/mol. The predicted molar refractivity (Wildman–Crippen MR) is 123 cm³/mol. The van der Waals surface area contributed by atoms with E-state index in [1.54, 1.807) is 11.0 Å². The van der Waals surface area contributed by atoms with E-state index in [9.17, 15) is 24.6 Å². The Labute approximate surface area is 196 Å². The molecule has 0 aromatic carbocycles. The Morgan fingerprint density at radius 2 is 2.03 bits per heavy atom. The Morgan fingerprint density at radius 1 is 1.33 bits per heavy atom. The van der Waals surface area contributed by atoms with Crippen LogP contribution in [0.4, 0.5) is 0 Å². The van der Waals surface area contributed by atoms with Crippen LogP contribution < -0.4 is 0 Å². The second-order valence-corrected chi connectivity index (χ2v) is 9.98. The molecule has 8 heteroatoms. The van der Waals surface area contributed by atoms with Crippen LogP contribution in [0.1, 0.15) is 66.2 Å². The first kappa shape index (κ1) is 25.7. The molecule has 3 heterocycles. The number of aliphatic hydroxyl groups excluding tert-OH is 1. The van der Waals surface area contributed by atoms with E-state index >= 15 is 0 Å². The largest absolute Gasteiger partial charge is 0.481 e. The Bertz CT molecular complexity index is 787. The summed E-state index contributed by atoms with van der Waals surface area (Å²) in [6.45, 7) is 12.2. The van der Waals surface area contributed by atoms with Crippen LogP contribution in [0.15, 0.2) is 12.7 Å². The van der Waals surface area contributed by atoms with Gasteiger partial charge in [-0.2, -0.15) is 0 Å². The number of unbranched alkanes of at least 4 members (excludes halogenated alkanes) is 1. The molecule has 3 rings (SSSR count). The monoisotopic (exact) mass is 464 g/mol. The maximum absolute atomic E-state index is 14.1. The van der Waals surface area contributed by atoms with Gasteiger partial charge in [-0.05, 0) is 31.6 Å². The Kier molecular flexibility index (Phi) is 7.58. The van der Waals surface area contributed by atoms with Crippen LogP contribution in [-0.4, -0.2) is 80.8 Å². The standard InChI is InChI=1S/C25H40N2O6/c1-6-10-14-26(13-7-2)22(30)20-25-12-11-24(9-4,33-25)19(23(31)32)18(25)21(29)27(20)17(15-28)16(5)8-3/h7,16-20,28H,2,6,8-15H2,1,3-5H3,(H,31,32)/t16-,17-,18-,19+,20?,24-,25?/m0/s1.